The minimum atomic E-state index is -1.01. The van der Waals surface area contributed by atoms with Gasteiger partial charge in [0.25, 0.3) is 0 Å². The van der Waals surface area contributed by atoms with E-state index in [1.165, 1.54) is 11.1 Å². The summed E-state index contributed by atoms with van der Waals surface area (Å²) in [5.41, 5.74) is 3.49. The largest absolute Gasteiger partial charge is 0.465 e. The number of hydrogen-bond donors (Lipinski definition) is 2. The smallest absolute Gasteiger partial charge is 0.404 e. The molecule has 1 saturated carbocycles. The van der Waals surface area contributed by atoms with Crippen molar-refractivity contribution in [1.82, 2.24) is 5.32 Å². The van der Waals surface area contributed by atoms with Gasteiger partial charge in [-0.25, -0.2) is 4.79 Å². The number of rotatable bonds is 2. The van der Waals surface area contributed by atoms with Gasteiger partial charge in [-0.3, -0.25) is 0 Å². The molecule has 4 atom stereocenters. The molecular weight excluding hydrogens is 273 g/mol. The molecular formula is C13H13Cl2NO2. The van der Waals surface area contributed by atoms with Gasteiger partial charge in [-0.05, 0) is 23.1 Å². The van der Waals surface area contributed by atoms with Crippen molar-refractivity contribution >= 4 is 29.3 Å². The van der Waals surface area contributed by atoms with Crippen LogP contribution >= 0.6 is 23.2 Å². The van der Waals surface area contributed by atoms with Crippen molar-refractivity contribution in [1.29, 1.82) is 0 Å². The van der Waals surface area contributed by atoms with Gasteiger partial charge in [-0.2, -0.15) is 0 Å². The van der Waals surface area contributed by atoms with Gasteiger partial charge in [0, 0.05) is 18.4 Å². The maximum absolute atomic E-state index is 10.6. The summed E-state index contributed by atoms with van der Waals surface area (Å²) in [5, 5.41) is 11.1. The summed E-state index contributed by atoms with van der Waals surface area (Å²) >= 11 is 12.7. The zero-order valence-electron chi connectivity index (χ0n) is 9.57. The molecule has 0 heterocycles. The topological polar surface area (TPSA) is 49.3 Å². The van der Waals surface area contributed by atoms with E-state index in [0.29, 0.717) is 12.5 Å². The van der Waals surface area contributed by atoms with Crippen LogP contribution in [-0.4, -0.2) is 22.0 Å². The highest BCUT2D eigenvalue weighted by molar-refractivity contribution is 6.31. The van der Waals surface area contributed by atoms with E-state index in [9.17, 15) is 4.79 Å². The number of benzene rings is 1. The van der Waals surface area contributed by atoms with Gasteiger partial charge in [0.1, 0.15) is 0 Å². The SMILES string of the molecule is O=C(O)NCc1cccc2c1C1CC2C(Cl)C1Cl. The minimum absolute atomic E-state index is 0.00755. The Morgan fingerprint density at radius 2 is 2.06 bits per heavy atom. The predicted octanol–water partition coefficient (Wildman–Crippen LogP) is 3.25. The minimum Gasteiger partial charge on any atom is -0.465 e. The predicted molar refractivity (Wildman–Crippen MR) is 70.7 cm³/mol. The van der Waals surface area contributed by atoms with Crippen LogP contribution in [0.4, 0.5) is 4.79 Å². The number of amides is 1. The first kappa shape index (κ1) is 12.1. The summed E-state index contributed by atoms with van der Waals surface area (Å²) in [4.78, 5) is 10.6. The first-order valence-electron chi connectivity index (χ1n) is 5.96. The van der Waals surface area contributed by atoms with E-state index in [-0.39, 0.29) is 16.7 Å². The third-order valence-electron chi connectivity index (χ3n) is 4.01. The van der Waals surface area contributed by atoms with Crippen molar-refractivity contribution in [2.45, 2.75) is 35.6 Å². The van der Waals surface area contributed by atoms with Crippen LogP contribution < -0.4 is 5.32 Å². The number of carboxylic acid groups (broad SMARTS) is 1. The third-order valence-corrected chi connectivity index (χ3v) is 5.29. The molecule has 2 aliphatic carbocycles. The molecule has 0 aromatic heterocycles. The molecule has 0 saturated heterocycles. The van der Waals surface area contributed by atoms with Crippen LogP contribution in [0.25, 0.3) is 0 Å². The van der Waals surface area contributed by atoms with Crippen molar-refractivity contribution in [3.05, 3.63) is 34.9 Å². The molecule has 3 nitrogen and oxygen atoms in total. The number of alkyl halides is 2. The second kappa shape index (κ2) is 4.32. The molecule has 2 aliphatic rings. The average molecular weight is 286 g/mol. The molecule has 4 unspecified atom stereocenters. The fourth-order valence-corrected chi connectivity index (χ4v) is 4.11. The van der Waals surface area contributed by atoms with Crippen molar-refractivity contribution in [2.24, 2.45) is 0 Å². The maximum atomic E-state index is 10.6. The summed E-state index contributed by atoms with van der Waals surface area (Å²) in [6, 6.07) is 6.01. The lowest BCUT2D eigenvalue weighted by molar-refractivity contribution is 0.194. The normalized spacial score (nSPS) is 32.3. The molecule has 1 aromatic carbocycles. The van der Waals surface area contributed by atoms with Crippen LogP contribution in [0, 0.1) is 0 Å². The number of fused-ring (bicyclic) bond motifs is 5. The van der Waals surface area contributed by atoms with Crippen LogP contribution in [0.5, 0.6) is 0 Å². The third kappa shape index (κ3) is 1.69. The van der Waals surface area contributed by atoms with Gasteiger partial charge in [0.2, 0.25) is 0 Å². The molecule has 1 aromatic rings. The number of hydrogen-bond acceptors (Lipinski definition) is 1. The van der Waals surface area contributed by atoms with Crippen molar-refractivity contribution in [3.8, 4) is 0 Å². The number of carbonyl (C=O) groups is 1. The summed E-state index contributed by atoms with van der Waals surface area (Å²) in [6.45, 7) is 0.332. The van der Waals surface area contributed by atoms with Crippen LogP contribution in [0.15, 0.2) is 18.2 Å². The molecule has 1 amide bonds. The van der Waals surface area contributed by atoms with E-state index in [4.69, 9.17) is 28.3 Å². The summed E-state index contributed by atoms with van der Waals surface area (Å²) in [7, 11) is 0. The van der Waals surface area contributed by atoms with Gasteiger partial charge in [-0.15, -0.1) is 23.2 Å². The van der Waals surface area contributed by atoms with E-state index >= 15 is 0 Å². The molecule has 0 radical (unpaired) electrons. The van der Waals surface area contributed by atoms with E-state index in [1.54, 1.807) is 0 Å². The lowest BCUT2D eigenvalue weighted by Crippen LogP contribution is -2.26. The van der Waals surface area contributed by atoms with Crippen LogP contribution in [0.1, 0.15) is 34.9 Å². The highest BCUT2D eigenvalue weighted by atomic mass is 35.5. The maximum Gasteiger partial charge on any atom is 0.404 e. The zero-order valence-corrected chi connectivity index (χ0v) is 11.1. The van der Waals surface area contributed by atoms with E-state index < -0.39 is 6.09 Å². The Hall–Kier alpha value is -0.930. The van der Waals surface area contributed by atoms with Gasteiger partial charge in [0.05, 0.1) is 10.8 Å². The Labute approximate surface area is 115 Å². The summed E-state index contributed by atoms with van der Waals surface area (Å²) in [5.74, 6) is 0.583. The lowest BCUT2D eigenvalue weighted by Gasteiger charge is -2.26. The van der Waals surface area contributed by atoms with Crippen molar-refractivity contribution in [2.75, 3.05) is 0 Å². The molecule has 96 valence electrons. The van der Waals surface area contributed by atoms with Crippen LogP contribution in [0.2, 0.25) is 0 Å². The number of nitrogens with one attached hydrogen (secondary N) is 1. The van der Waals surface area contributed by atoms with Gasteiger partial charge in [0.15, 0.2) is 0 Å². The molecule has 1 fully saturated rings. The summed E-state index contributed by atoms with van der Waals surface area (Å²) in [6.07, 6.45) is -0.0183. The molecule has 0 spiro atoms. The van der Waals surface area contributed by atoms with E-state index in [2.05, 4.69) is 11.4 Å². The Balaban J connectivity index is 1.96. The monoisotopic (exact) mass is 285 g/mol. The quantitative estimate of drug-likeness (QED) is 0.820. The fraction of sp³-hybridized carbons (Fsp3) is 0.462. The van der Waals surface area contributed by atoms with Gasteiger partial charge in [-0.1, -0.05) is 18.2 Å². The Kier molecular flexibility index (Phi) is 2.91. The number of halogens is 2. The van der Waals surface area contributed by atoms with Crippen LogP contribution in [0.3, 0.4) is 0 Å². The lowest BCUT2D eigenvalue weighted by atomic mass is 9.87. The first-order chi connectivity index (χ1) is 8.59. The summed E-state index contributed by atoms with van der Waals surface area (Å²) < 4.78 is 0. The highest BCUT2D eigenvalue weighted by Crippen LogP contribution is 2.57. The second-order valence-electron chi connectivity index (χ2n) is 4.92. The van der Waals surface area contributed by atoms with E-state index in [0.717, 1.165) is 12.0 Å². The van der Waals surface area contributed by atoms with Gasteiger partial charge >= 0.3 is 6.09 Å². The Morgan fingerprint density at radius 1 is 1.33 bits per heavy atom. The van der Waals surface area contributed by atoms with Crippen LogP contribution in [-0.2, 0) is 6.54 Å². The van der Waals surface area contributed by atoms with Gasteiger partial charge < -0.3 is 10.4 Å². The average Bonchev–Trinajstić information content (AvgIpc) is 2.85. The molecule has 2 bridgehead atoms. The second-order valence-corrected chi connectivity index (χ2v) is 5.92. The zero-order chi connectivity index (χ0) is 12.9. The Bertz CT molecular complexity index is 506. The van der Waals surface area contributed by atoms with E-state index in [1.807, 2.05) is 12.1 Å². The molecule has 18 heavy (non-hydrogen) atoms. The van der Waals surface area contributed by atoms with Crippen molar-refractivity contribution in [3.63, 3.8) is 0 Å². The standard InChI is InChI=1S/C13H13Cl2NO2/c14-11-8-4-9(12(11)15)10-6(5-16-13(17)18)2-1-3-7(8)10/h1-3,8-9,11-12,16H,4-5H2,(H,17,18). The molecule has 3 rings (SSSR count). The molecule has 2 N–H and O–H groups in total. The molecule has 0 aliphatic heterocycles. The highest BCUT2D eigenvalue weighted by Gasteiger charge is 2.50. The Morgan fingerprint density at radius 3 is 2.78 bits per heavy atom. The molecule has 5 heteroatoms. The van der Waals surface area contributed by atoms with Crippen molar-refractivity contribution < 1.29 is 9.90 Å². The first-order valence-corrected chi connectivity index (χ1v) is 6.83. The fourth-order valence-electron chi connectivity index (χ4n) is 3.29.